The van der Waals surface area contributed by atoms with Gasteiger partial charge in [0.2, 0.25) is 0 Å². The second-order valence-corrected chi connectivity index (χ2v) is 3.49. The van der Waals surface area contributed by atoms with Crippen molar-refractivity contribution in [1.29, 1.82) is 0 Å². The molecule has 0 unspecified atom stereocenters. The van der Waals surface area contributed by atoms with Gasteiger partial charge >= 0.3 is 0 Å². The van der Waals surface area contributed by atoms with Crippen molar-refractivity contribution in [2.45, 2.75) is 0 Å². The molecule has 11 heavy (non-hydrogen) atoms. The zero-order chi connectivity index (χ0) is 8.10. The van der Waals surface area contributed by atoms with E-state index in [1.165, 1.54) is 0 Å². The van der Waals surface area contributed by atoms with Crippen molar-refractivity contribution >= 4 is 22.6 Å². The summed E-state index contributed by atoms with van der Waals surface area (Å²) in [6.45, 7) is 5.68. The molecule has 0 radical (unpaired) electrons. The number of piperazine rings is 1. The van der Waals surface area contributed by atoms with E-state index in [-0.39, 0.29) is 0 Å². The van der Waals surface area contributed by atoms with E-state index in [1.807, 2.05) is 0 Å². The zero-order valence-electron chi connectivity index (χ0n) is 6.67. The van der Waals surface area contributed by atoms with Crippen molar-refractivity contribution in [2.24, 2.45) is 0 Å². The number of halogens is 1. The lowest BCUT2D eigenvalue weighted by molar-refractivity contribution is 0.126. The summed E-state index contributed by atoms with van der Waals surface area (Å²) in [7, 11) is 0. The molecule has 1 aliphatic rings. The van der Waals surface area contributed by atoms with Crippen LogP contribution in [0.2, 0.25) is 0 Å². The number of alkyl halides is 1. The van der Waals surface area contributed by atoms with E-state index < -0.39 is 0 Å². The van der Waals surface area contributed by atoms with Crippen molar-refractivity contribution in [3.63, 3.8) is 0 Å². The number of hydrogen-bond acceptors (Lipinski definition) is 3. The summed E-state index contributed by atoms with van der Waals surface area (Å²) in [5, 5.41) is 8.68. The lowest BCUT2D eigenvalue weighted by atomic mass is 10.3. The summed E-state index contributed by atoms with van der Waals surface area (Å²) in [4.78, 5) is 4.73. The van der Waals surface area contributed by atoms with Crippen LogP contribution in [0.1, 0.15) is 0 Å². The van der Waals surface area contributed by atoms with Crippen molar-refractivity contribution in [3.05, 3.63) is 0 Å². The molecule has 0 saturated carbocycles. The van der Waals surface area contributed by atoms with E-state index in [9.17, 15) is 0 Å². The van der Waals surface area contributed by atoms with Gasteiger partial charge in [-0.3, -0.25) is 9.80 Å². The maximum absolute atomic E-state index is 8.68. The highest BCUT2D eigenvalue weighted by atomic mass is 127. The summed E-state index contributed by atoms with van der Waals surface area (Å²) in [5.74, 6) is 0. The number of hydrogen-bond donors (Lipinski definition) is 1. The van der Waals surface area contributed by atoms with E-state index in [4.69, 9.17) is 5.11 Å². The summed E-state index contributed by atoms with van der Waals surface area (Å²) in [6.07, 6.45) is 0. The topological polar surface area (TPSA) is 26.7 Å². The monoisotopic (exact) mass is 270 g/mol. The van der Waals surface area contributed by atoms with Crippen LogP contribution in [0, 0.1) is 0 Å². The van der Waals surface area contributed by atoms with Gasteiger partial charge in [-0.15, -0.1) is 0 Å². The fourth-order valence-electron chi connectivity index (χ4n) is 1.27. The van der Waals surface area contributed by atoms with Crippen LogP contribution in [0.4, 0.5) is 0 Å². The average molecular weight is 270 g/mol. The van der Waals surface area contributed by atoms with Crippen molar-refractivity contribution in [3.8, 4) is 0 Å². The Kier molecular flexibility index (Phi) is 4.66. The minimum atomic E-state index is 0.296. The number of nitrogens with zero attached hydrogens (tertiary/aromatic N) is 2. The first kappa shape index (κ1) is 9.70. The van der Waals surface area contributed by atoms with Crippen LogP contribution < -0.4 is 0 Å². The lowest BCUT2D eigenvalue weighted by Gasteiger charge is -2.32. The highest BCUT2D eigenvalue weighted by Crippen LogP contribution is 2.02. The summed E-state index contributed by atoms with van der Waals surface area (Å²) < 4.78 is 1.13. The molecule has 1 fully saturated rings. The SMILES string of the molecule is OCCN1CCN(CI)CC1. The van der Waals surface area contributed by atoms with Gasteiger partial charge < -0.3 is 5.11 Å². The van der Waals surface area contributed by atoms with Gasteiger partial charge in [-0.05, 0) is 0 Å². The second-order valence-electron chi connectivity index (χ2n) is 2.80. The number of aliphatic hydroxyl groups is 1. The van der Waals surface area contributed by atoms with Crippen LogP contribution in [0.3, 0.4) is 0 Å². The molecule has 1 N–H and O–H groups in total. The van der Waals surface area contributed by atoms with Gasteiger partial charge in [-0.25, -0.2) is 0 Å². The summed E-state index contributed by atoms with van der Waals surface area (Å²) in [6, 6.07) is 0. The zero-order valence-corrected chi connectivity index (χ0v) is 8.83. The van der Waals surface area contributed by atoms with Gasteiger partial charge in [0.1, 0.15) is 0 Å². The van der Waals surface area contributed by atoms with E-state index in [1.54, 1.807) is 0 Å². The van der Waals surface area contributed by atoms with Crippen molar-refractivity contribution in [1.82, 2.24) is 9.80 Å². The van der Waals surface area contributed by atoms with E-state index in [0.29, 0.717) is 6.61 Å². The quantitative estimate of drug-likeness (QED) is 0.444. The number of β-amino-alcohol motifs (C(OH)–C–C–N with tert-alkyl or cyclic N) is 1. The highest BCUT2D eigenvalue weighted by molar-refractivity contribution is 14.1. The van der Waals surface area contributed by atoms with Gasteiger partial charge in [0.05, 0.1) is 11.2 Å². The van der Waals surface area contributed by atoms with Gasteiger partial charge in [-0.1, -0.05) is 22.6 Å². The molecule has 4 heteroatoms. The third-order valence-electron chi connectivity index (χ3n) is 2.05. The average Bonchev–Trinajstić information content (AvgIpc) is 2.07. The molecule has 0 aromatic carbocycles. The van der Waals surface area contributed by atoms with Crippen LogP contribution in [0.5, 0.6) is 0 Å². The molecule has 0 aliphatic carbocycles. The van der Waals surface area contributed by atoms with Crippen molar-refractivity contribution < 1.29 is 5.11 Å². The number of rotatable bonds is 3. The Morgan fingerprint density at radius 2 is 1.64 bits per heavy atom. The summed E-state index contributed by atoms with van der Waals surface area (Å²) >= 11 is 2.39. The van der Waals surface area contributed by atoms with Crippen LogP contribution in [0.15, 0.2) is 0 Å². The molecule has 1 rings (SSSR count). The Bertz CT molecular complexity index is 105. The molecule has 1 heterocycles. The molecular formula is C7H15IN2O. The molecule has 66 valence electrons. The van der Waals surface area contributed by atoms with Crippen molar-refractivity contribution in [2.75, 3.05) is 43.9 Å². The van der Waals surface area contributed by atoms with E-state index in [0.717, 1.165) is 37.3 Å². The maximum atomic E-state index is 8.68. The smallest absolute Gasteiger partial charge is 0.0558 e. The minimum Gasteiger partial charge on any atom is -0.395 e. The second kappa shape index (κ2) is 5.29. The van der Waals surface area contributed by atoms with Crippen LogP contribution in [0.25, 0.3) is 0 Å². The molecule has 1 saturated heterocycles. The molecule has 0 aromatic heterocycles. The maximum Gasteiger partial charge on any atom is 0.0558 e. The first-order valence-electron chi connectivity index (χ1n) is 3.98. The Morgan fingerprint density at radius 3 is 2.09 bits per heavy atom. The highest BCUT2D eigenvalue weighted by Gasteiger charge is 2.14. The standard InChI is InChI=1S/C7H15IN2O/c8-7-10-3-1-9(2-4-10)5-6-11/h11H,1-7H2. The van der Waals surface area contributed by atoms with E-state index >= 15 is 0 Å². The molecule has 0 bridgehead atoms. The molecular weight excluding hydrogens is 255 g/mol. The first-order valence-corrected chi connectivity index (χ1v) is 5.51. The largest absolute Gasteiger partial charge is 0.395 e. The van der Waals surface area contributed by atoms with Crippen LogP contribution in [-0.4, -0.2) is 58.8 Å². The fourth-order valence-corrected chi connectivity index (χ4v) is 1.96. The van der Waals surface area contributed by atoms with Gasteiger partial charge in [0.15, 0.2) is 0 Å². The molecule has 0 amide bonds. The normalized spacial score (nSPS) is 22.4. The third kappa shape index (κ3) is 3.23. The lowest BCUT2D eigenvalue weighted by Crippen LogP contribution is -2.46. The van der Waals surface area contributed by atoms with Crippen LogP contribution >= 0.6 is 22.6 Å². The Labute approximate surface area is 81.5 Å². The predicted octanol–water partition coefficient (Wildman–Crippen LogP) is -0.0112. The van der Waals surface area contributed by atoms with E-state index in [2.05, 4.69) is 32.4 Å². The predicted molar refractivity (Wildman–Crippen MR) is 54.0 cm³/mol. The third-order valence-corrected chi connectivity index (χ3v) is 3.02. The molecule has 0 spiro atoms. The molecule has 0 atom stereocenters. The Morgan fingerprint density at radius 1 is 1.09 bits per heavy atom. The summed E-state index contributed by atoms with van der Waals surface area (Å²) in [5.41, 5.74) is 0. The Hall–Kier alpha value is 0.610. The van der Waals surface area contributed by atoms with Crippen LogP contribution in [-0.2, 0) is 0 Å². The van der Waals surface area contributed by atoms with Gasteiger partial charge in [0.25, 0.3) is 0 Å². The minimum absolute atomic E-state index is 0.296. The molecule has 3 nitrogen and oxygen atoms in total. The molecule has 0 aromatic rings. The Balaban J connectivity index is 2.14. The molecule has 1 aliphatic heterocycles. The number of aliphatic hydroxyl groups excluding tert-OH is 1. The first-order chi connectivity index (χ1) is 5.36. The van der Waals surface area contributed by atoms with Gasteiger partial charge in [-0.2, -0.15) is 0 Å². The van der Waals surface area contributed by atoms with Gasteiger partial charge in [0, 0.05) is 32.7 Å². The fraction of sp³-hybridized carbons (Fsp3) is 1.00.